The van der Waals surface area contributed by atoms with Crippen molar-refractivity contribution in [3.8, 4) is 11.6 Å². The number of hydrogen-bond acceptors (Lipinski definition) is 6. The topological polar surface area (TPSA) is 86.8 Å². The maximum absolute atomic E-state index is 11.9. The molecule has 8 heteroatoms. The van der Waals surface area contributed by atoms with Crippen LogP contribution in [0, 0.1) is 0 Å². The summed E-state index contributed by atoms with van der Waals surface area (Å²) in [6.07, 6.45) is -0.617. The van der Waals surface area contributed by atoms with Crippen molar-refractivity contribution in [2.45, 2.75) is 26.4 Å². The maximum Gasteiger partial charge on any atom is 0.412 e. The Morgan fingerprint density at radius 2 is 1.77 bits per heavy atom. The van der Waals surface area contributed by atoms with Crippen molar-refractivity contribution in [3.63, 3.8) is 0 Å². The largest absolute Gasteiger partial charge is 0.465 e. The van der Waals surface area contributed by atoms with E-state index in [0.29, 0.717) is 17.0 Å². The van der Waals surface area contributed by atoms with Crippen LogP contribution >= 0.6 is 11.6 Å². The number of methoxy groups -OCH3 is 1. The highest BCUT2D eigenvalue weighted by Crippen LogP contribution is 2.26. The number of pyridine rings is 1. The number of esters is 1. The van der Waals surface area contributed by atoms with Gasteiger partial charge in [-0.05, 0) is 51.1 Å². The van der Waals surface area contributed by atoms with Crippen LogP contribution < -0.4 is 10.1 Å². The van der Waals surface area contributed by atoms with Crippen molar-refractivity contribution in [2.24, 2.45) is 0 Å². The van der Waals surface area contributed by atoms with Gasteiger partial charge in [0.15, 0.2) is 0 Å². The monoisotopic (exact) mass is 378 g/mol. The normalized spacial score (nSPS) is 10.8. The Bertz CT molecular complexity index is 800. The number of ether oxygens (including phenoxy) is 3. The molecule has 1 N–H and O–H groups in total. The van der Waals surface area contributed by atoms with Crippen LogP contribution in [0.4, 0.5) is 10.5 Å². The van der Waals surface area contributed by atoms with Crippen LogP contribution in [0.1, 0.15) is 31.1 Å². The molecule has 1 aromatic carbocycles. The zero-order valence-corrected chi connectivity index (χ0v) is 15.6. The summed E-state index contributed by atoms with van der Waals surface area (Å²) in [7, 11) is 1.31. The summed E-state index contributed by atoms with van der Waals surface area (Å²) in [5, 5.41) is 2.71. The van der Waals surface area contributed by atoms with E-state index in [-0.39, 0.29) is 11.0 Å². The molecule has 0 bridgehead atoms. The highest BCUT2D eigenvalue weighted by molar-refractivity contribution is 6.29. The summed E-state index contributed by atoms with van der Waals surface area (Å²) in [4.78, 5) is 27.3. The Morgan fingerprint density at radius 3 is 2.35 bits per heavy atom. The predicted molar refractivity (Wildman–Crippen MR) is 97.0 cm³/mol. The number of carbonyl (C=O) groups excluding carboxylic acids is 2. The lowest BCUT2D eigenvalue weighted by atomic mass is 10.2. The van der Waals surface area contributed by atoms with Gasteiger partial charge in [0.2, 0.25) is 5.88 Å². The van der Waals surface area contributed by atoms with Gasteiger partial charge in [-0.25, -0.2) is 14.6 Å². The lowest BCUT2D eigenvalue weighted by Crippen LogP contribution is -2.27. The van der Waals surface area contributed by atoms with E-state index in [9.17, 15) is 9.59 Å². The molecule has 0 saturated heterocycles. The molecule has 2 aromatic rings. The molecule has 0 aliphatic heterocycles. The van der Waals surface area contributed by atoms with Gasteiger partial charge in [0.25, 0.3) is 0 Å². The molecular formula is C18H19ClN2O5. The zero-order chi connectivity index (χ0) is 19.3. The predicted octanol–water partition coefficient (Wildman–Crippen LogP) is 4.66. The lowest BCUT2D eigenvalue weighted by Gasteiger charge is -2.19. The average molecular weight is 379 g/mol. The SMILES string of the molecule is COC(=O)c1ccc(Oc2cc(NC(=O)OC(C)(C)C)cc(Cl)n2)cc1. The van der Waals surface area contributed by atoms with Gasteiger partial charge in [-0.1, -0.05) is 11.6 Å². The number of amides is 1. The third-order valence-electron chi connectivity index (χ3n) is 2.91. The van der Waals surface area contributed by atoms with E-state index >= 15 is 0 Å². The molecule has 1 amide bonds. The molecular weight excluding hydrogens is 360 g/mol. The van der Waals surface area contributed by atoms with Crippen LogP contribution in [0.15, 0.2) is 36.4 Å². The van der Waals surface area contributed by atoms with Crippen molar-refractivity contribution in [2.75, 3.05) is 12.4 Å². The van der Waals surface area contributed by atoms with Crippen LogP contribution in [0.25, 0.3) is 0 Å². The van der Waals surface area contributed by atoms with Gasteiger partial charge < -0.3 is 14.2 Å². The van der Waals surface area contributed by atoms with E-state index in [4.69, 9.17) is 21.1 Å². The number of hydrogen-bond donors (Lipinski definition) is 1. The van der Waals surface area contributed by atoms with Gasteiger partial charge in [-0.15, -0.1) is 0 Å². The Hall–Kier alpha value is -2.80. The molecule has 0 unspecified atom stereocenters. The highest BCUT2D eigenvalue weighted by Gasteiger charge is 2.17. The first-order chi connectivity index (χ1) is 12.2. The third kappa shape index (κ3) is 5.93. The molecule has 138 valence electrons. The molecule has 0 spiro atoms. The highest BCUT2D eigenvalue weighted by atomic mass is 35.5. The summed E-state index contributed by atoms with van der Waals surface area (Å²) in [5.74, 6) is 0.172. The number of nitrogens with zero attached hydrogens (tertiary/aromatic N) is 1. The maximum atomic E-state index is 11.9. The Labute approximate surface area is 156 Å². The first kappa shape index (κ1) is 19.5. The smallest absolute Gasteiger partial charge is 0.412 e. The van der Waals surface area contributed by atoms with Gasteiger partial charge >= 0.3 is 12.1 Å². The van der Waals surface area contributed by atoms with Crippen molar-refractivity contribution in [1.29, 1.82) is 0 Å². The summed E-state index contributed by atoms with van der Waals surface area (Å²) < 4.78 is 15.4. The second-order valence-corrected chi connectivity index (χ2v) is 6.65. The number of benzene rings is 1. The van der Waals surface area contributed by atoms with Crippen LogP contribution in [-0.2, 0) is 9.47 Å². The first-order valence-corrected chi connectivity index (χ1v) is 8.08. The molecule has 0 aliphatic carbocycles. The third-order valence-corrected chi connectivity index (χ3v) is 3.11. The number of rotatable bonds is 4. The summed E-state index contributed by atoms with van der Waals surface area (Å²) in [6.45, 7) is 5.29. The fourth-order valence-corrected chi connectivity index (χ4v) is 2.12. The van der Waals surface area contributed by atoms with Crippen molar-refractivity contribution >= 4 is 29.4 Å². The van der Waals surface area contributed by atoms with Crippen molar-refractivity contribution in [1.82, 2.24) is 4.98 Å². The second-order valence-electron chi connectivity index (χ2n) is 6.26. The average Bonchev–Trinajstić information content (AvgIpc) is 2.52. The van der Waals surface area contributed by atoms with E-state index in [2.05, 4.69) is 15.0 Å². The fraction of sp³-hybridized carbons (Fsp3) is 0.278. The van der Waals surface area contributed by atoms with Crippen molar-refractivity contribution in [3.05, 3.63) is 47.1 Å². The minimum atomic E-state index is -0.623. The molecule has 26 heavy (non-hydrogen) atoms. The van der Waals surface area contributed by atoms with Gasteiger partial charge in [-0.3, -0.25) is 5.32 Å². The number of halogens is 1. The van der Waals surface area contributed by atoms with Gasteiger partial charge in [0, 0.05) is 6.07 Å². The first-order valence-electron chi connectivity index (χ1n) is 7.70. The van der Waals surface area contributed by atoms with Gasteiger partial charge in [0.05, 0.1) is 18.4 Å². The molecule has 1 heterocycles. The molecule has 0 aliphatic rings. The van der Waals surface area contributed by atoms with Gasteiger partial charge in [-0.2, -0.15) is 0 Å². The summed E-state index contributed by atoms with van der Waals surface area (Å²) in [6, 6.07) is 9.28. The molecule has 2 rings (SSSR count). The minimum absolute atomic E-state index is 0.139. The number of aromatic nitrogens is 1. The molecule has 1 aromatic heterocycles. The van der Waals surface area contributed by atoms with Crippen LogP contribution in [0.2, 0.25) is 5.15 Å². The Balaban J connectivity index is 2.11. The van der Waals surface area contributed by atoms with Crippen LogP contribution in [0.5, 0.6) is 11.6 Å². The van der Waals surface area contributed by atoms with Crippen LogP contribution in [-0.4, -0.2) is 29.8 Å². The zero-order valence-electron chi connectivity index (χ0n) is 14.8. The van der Waals surface area contributed by atoms with E-state index in [1.54, 1.807) is 45.0 Å². The van der Waals surface area contributed by atoms with Crippen molar-refractivity contribution < 1.29 is 23.8 Å². The fourth-order valence-electron chi connectivity index (χ4n) is 1.92. The van der Waals surface area contributed by atoms with E-state index < -0.39 is 17.7 Å². The Morgan fingerprint density at radius 1 is 1.12 bits per heavy atom. The van der Waals surface area contributed by atoms with E-state index in [1.165, 1.54) is 19.2 Å². The molecule has 0 fully saturated rings. The molecule has 0 radical (unpaired) electrons. The van der Waals surface area contributed by atoms with Gasteiger partial charge in [0.1, 0.15) is 16.5 Å². The van der Waals surface area contributed by atoms with Crippen LogP contribution in [0.3, 0.4) is 0 Å². The quantitative estimate of drug-likeness (QED) is 0.615. The minimum Gasteiger partial charge on any atom is -0.465 e. The lowest BCUT2D eigenvalue weighted by molar-refractivity contribution is 0.0598. The summed E-state index contributed by atoms with van der Waals surface area (Å²) >= 11 is 5.97. The van der Waals surface area contributed by atoms with E-state index in [1.807, 2.05) is 0 Å². The molecule has 0 saturated carbocycles. The second kappa shape index (κ2) is 8.05. The van der Waals surface area contributed by atoms with E-state index in [0.717, 1.165) is 0 Å². The molecule has 0 atom stereocenters. The molecule has 7 nitrogen and oxygen atoms in total. The summed E-state index contributed by atoms with van der Waals surface area (Å²) in [5.41, 5.74) is 0.147. The number of carbonyl (C=O) groups is 2. The Kier molecular flexibility index (Phi) is 6.05. The standard InChI is InChI=1S/C18H19ClN2O5/c1-18(2,3)26-17(23)20-12-9-14(19)21-15(10-12)25-13-7-5-11(6-8-13)16(22)24-4/h5-10H,1-4H3,(H,20,21,23). The number of nitrogens with one attached hydrogen (secondary N) is 1. The number of anilines is 1.